The molecule has 2 atom stereocenters. The van der Waals surface area contributed by atoms with E-state index in [9.17, 15) is 19.5 Å². The van der Waals surface area contributed by atoms with Gasteiger partial charge in [-0.3, -0.25) is 4.79 Å². The highest BCUT2D eigenvalue weighted by Crippen LogP contribution is 2.11. The van der Waals surface area contributed by atoms with Gasteiger partial charge in [-0.2, -0.15) is 0 Å². The monoisotopic (exact) mass is 404 g/mol. The van der Waals surface area contributed by atoms with E-state index in [4.69, 9.17) is 16.3 Å². The van der Waals surface area contributed by atoms with Crippen molar-refractivity contribution < 1.29 is 24.2 Å². The Morgan fingerprint density at radius 1 is 1.00 bits per heavy atom. The summed E-state index contributed by atoms with van der Waals surface area (Å²) in [5.74, 6) is -1.81. The van der Waals surface area contributed by atoms with Gasteiger partial charge in [0.15, 0.2) is 0 Å². The van der Waals surface area contributed by atoms with Crippen LogP contribution < -0.4 is 10.6 Å². The molecule has 0 saturated heterocycles. The van der Waals surface area contributed by atoms with E-state index in [2.05, 4.69) is 10.6 Å². The van der Waals surface area contributed by atoms with E-state index in [1.807, 2.05) is 18.2 Å². The molecule has 0 fully saturated rings. The van der Waals surface area contributed by atoms with E-state index < -0.39 is 30.1 Å². The number of amides is 2. The third-order valence-electron chi connectivity index (χ3n) is 3.91. The molecule has 2 amide bonds. The van der Waals surface area contributed by atoms with Crippen molar-refractivity contribution in [2.45, 2.75) is 32.0 Å². The molecule has 2 aromatic carbocycles. The van der Waals surface area contributed by atoms with Crippen LogP contribution in [0.25, 0.3) is 0 Å². The van der Waals surface area contributed by atoms with E-state index in [0.29, 0.717) is 10.6 Å². The Morgan fingerprint density at radius 2 is 1.64 bits per heavy atom. The average Bonchev–Trinajstić information content (AvgIpc) is 2.68. The molecule has 0 aromatic heterocycles. The van der Waals surface area contributed by atoms with E-state index in [1.165, 1.54) is 6.92 Å². The Hall–Kier alpha value is -3.06. The molecule has 148 valence electrons. The molecule has 8 heteroatoms. The zero-order valence-electron chi connectivity index (χ0n) is 15.2. The molecule has 0 aliphatic carbocycles. The van der Waals surface area contributed by atoms with Gasteiger partial charge < -0.3 is 20.5 Å². The second-order valence-corrected chi connectivity index (χ2v) is 6.59. The highest BCUT2D eigenvalue weighted by Gasteiger charge is 2.24. The lowest BCUT2D eigenvalue weighted by molar-refractivity contribution is -0.142. The van der Waals surface area contributed by atoms with Crippen LogP contribution in [0.4, 0.5) is 4.79 Å². The van der Waals surface area contributed by atoms with Crippen LogP contribution in [0.2, 0.25) is 5.02 Å². The first-order chi connectivity index (χ1) is 13.3. The van der Waals surface area contributed by atoms with Crippen LogP contribution in [-0.4, -0.2) is 35.2 Å². The van der Waals surface area contributed by atoms with Crippen molar-refractivity contribution in [3.05, 3.63) is 70.7 Å². The summed E-state index contributed by atoms with van der Waals surface area (Å²) in [6, 6.07) is 13.6. The summed E-state index contributed by atoms with van der Waals surface area (Å²) in [5.41, 5.74) is 1.52. The van der Waals surface area contributed by atoms with Crippen molar-refractivity contribution in [3.8, 4) is 0 Å². The fourth-order valence-corrected chi connectivity index (χ4v) is 2.49. The third-order valence-corrected chi connectivity index (χ3v) is 4.16. The summed E-state index contributed by atoms with van der Waals surface area (Å²) < 4.78 is 5.05. The molecule has 0 radical (unpaired) electrons. The van der Waals surface area contributed by atoms with Crippen molar-refractivity contribution in [1.82, 2.24) is 10.6 Å². The molecule has 0 aliphatic heterocycles. The predicted octanol–water partition coefficient (Wildman–Crippen LogP) is 2.77. The van der Waals surface area contributed by atoms with Gasteiger partial charge in [0.25, 0.3) is 0 Å². The normalized spacial score (nSPS) is 12.5. The minimum absolute atomic E-state index is 0.0648. The van der Waals surface area contributed by atoms with Crippen LogP contribution in [0.5, 0.6) is 0 Å². The molecule has 0 heterocycles. The fourth-order valence-electron chi connectivity index (χ4n) is 2.36. The van der Waals surface area contributed by atoms with E-state index in [1.54, 1.807) is 36.4 Å². The number of halogens is 1. The first kappa shape index (κ1) is 21.2. The van der Waals surface area contributed by atoms with Gasteiger partial charge in [-0.25, -0.2) is 9.59 Å². The van der Waals surface area contributed by atoms with Gasteiger partial charge in [-0.05, 0) is 30.2 Å². The Kier molecular flexibility index (Phi) is 7.83. The lowest BCUT2D eigenvalue weighted by Gasteiger charge is -2.19. The van der Waals surface area contributed by atoms with E-state index >= 15 is 0 Å². The van der Waals surface area contributed by atoms with Crippen LogP contribution in [0, 0.1) is 0 Å². The van der Waals surface area contributed by atoms with Gasteiger partial charge in [0.2, 0.25) is 5.91 Å². The van der Waals surface area contributed by atoms with Gasteiger partial charge in [0.1, 0.15) is 18.7 Å². The molecule has 2 aromatic rings. The smallest absolute Gasteiger partial charge is 0.408 e. The molecule has 3 N–H and O–H groups in total. The third kappa shape index (κ3) is 6.92. The zero-order chi connectivity index (χ0) is 20.5. The van der Waals surface area contributed by atoms with Gasteiger partial charge in [0.05, 0.1) is 0 Å². The maximum atomic E-state index is 12.2. The SMILES string of the molecule is CC(NC(=O)OCc1ccccc1)C(=O)NC(Cc1ccc(Cl)cc1)C(=O)O. The first-order valence-corrected chi connectivity index (χ1v) is 8.98. The molecule has 7 nitrogen and oxygen atoms in total. The van der Waals surface area contributed by atoms with Gasteiger partial charge in [-0.15, -0.1) is 0 Å². The van der Waals surface area contributed by atoms with Crippen molar-refractivity contribution in [3.63, 3.8) is 0 Å². The zero-order valence-corrected chi connectivity index (χ0v) is 16.0. The summed E-state index contributed by atoms with van der Waals surface area (Å²) in [7, 11) is 0. The minimum atomic E-state index is -1.18. The molecule has 28 heavy (non-hydrogen) atoms. The Balaban J connectivity index is 1.85. The number of hydrogen-bond acceptors (Lipinski definition) is 4. The largest absolute Gasteiger partial charge is 0.480 e. The molecule has 2 unspecified atom stereocenters. The predicted molar refractivity (Wildman–Crippen MR) is 104 cm³/mol. The summed E-state index contributed by atoms with van der Waals surface area (Å²) in [4.78, 5) is 35.5. The number of carboxylic acid groups (broad SMARTS) is 1. The van der Waals surface area contributed by atoms with Gasteiger partial charge in [-0.1, -0.05) is 54.1 Å². The summed E-state index contributed by atoms with van der Waals surface area (Å²) in [5, 5.41) is 14.7. The number of benzene rings is 2. The highest BCUT2D eigenvalue weighted by molar-refractivity contribution is 6.30. The molecular weight excluding hydrogens is 384 g/mol. The van der Waals surface area contributed by atoms with E-state index in [0.717, 1.165) is 5.56 Å². The van der Waals surface area contributed by atoms with Crippen LogP contribution in [0.3, 0.4) is 0 Å². The van der Waals surface area contributed by atoms with Crippen LogP contribution in [0.1, 0.15) is 18.1 Å². The molecule has 0 saturated carbocycles. The van der Waals surface area contributed by atoms with Crippen molar-refractivity contribution in [2.75, 3.05) is 0 Å². The van der Waals surface area contributed by atoms with Crippen LogP contribution in [0.15, 0.2) is 54.6 Å². The number of carbonyl (C=O) groups excluding carboxylic acids is 2. The van der Waals surface area contributed by atoms with Crippen LogP contribution in [-0.2, 0) is 27.4 Å². The lowest BCUT2D eigenvalue weighted by Crippen LogP contribution is -2.51. The number of carboxylic acids is 1. The topological polar surface area (TPSA) is 105 Å². The standard InChI is InChI=1S/C20H21ClN2O5/c1-13(22-20(27)28-12-15-5-3-2-4-6-15)18(24)23-17(19(25)26)11-14-7-9-16(21)10-8-14/h2-10,13,17H,11-12H2,1H3,(H,22,27)(H,23,24)(H,25,26). The Labute approximate surface area is 167 Å². The van der Waals surface area contributed by atoms with Crippen molar-refractivity contribution in [1.29, 1.82) is 0 Å². The number of aliphatic carboxylic acids is 1. The quantitative estimate of drug-likeness (QED) is 0.627. The fraction of sp³-hybridized carbons (Fsp3) is 0.250. The Morgan fingerprint density at radius 3 is 2.25 bits per heavy atom. The maximum absolute atomic E-state index is 12.2. The molecule has 2 rings (SSSR count). The summed E-state index contributed by atoms with van der Waals surface area (Å²) in [6.45, 7) is 1.51. The number of rotatable bonds is 8. The van der Waals surface area contributed by atoms with Crippen LogP contribution >= 0.6 is 11.6 Å². The second-order valence-electron chi connectivity index (χ2n) is 6.16. The van der Waals surface area contributed by atoms with Gasteiger partial charge in [0, 0.05) is 11.4 Å². The molecular formula is C20H21ClN2O5. The highest BCUT2D eigenvalue weighted by atomic mass is 35.5. The van der Waals surface area contributed by atoms with Crippen molar-refractivity contribution in [2.24, 2.45) is 0 Å². The first-order valence-electron chi connectivity index (χ1n) is 8.60. The van der Waals surface area contributed by atoms with E-state index in [-0.39, 0.29) is 13.0 Å². The number of ether oxygens (including phenoxy) is 1. The number of hydrogen-bond donors (Lipinski definition) is 3. The summed E-state index contributed by atoms with van der Waals surface area (Å²) in [6.07, 6.45) is -0.681. The minimum Gasteiger partial charge on any atom is -0.480 e. The number of carbonyl (C=O) groups is 3. The molecule has 0 spiro atoms. The Bertz CT molecular complexity index is 811. The number of alkyl carbamates (subject to hydrolysis) is 1. The van der Waals surface area contributed by atoms with Crippen molar-refractivity contribution >= 4 is 29.6 Å². The number of nitrogens with one attached hydrogen (secondary N) is 2. The maximum Gasteiger partial charge on any atom is 0.408 e. The molecule has 0 bridgehead atoms. The lowest BCUT2D eigenvalue weighted by atomic mass is 10.1. The second kappa shape index (κ2) is 10.3. The molecule has 0 aliphatic rings. The average molecular weight is 405 g/mol. The summed E-state index contributed by atoms with van der Waals surface area (Å²) >= 11 is 5.81. The van der Waals surface area contributed by atoms with Gasteiger partial charge >= 0.3 is 12.1 Å².